The van der Waals surface area contributed by atoms with Crippen molar-refractivity contribution in [3.05, 3.63) is 59.6 Å². The van der Waals surface area contributed by atoms with Gasteiger partial charge in [0.25, 0.3) is 0 Å². The first-order valence-electron chi connectivity index (χ1n) is 6.18. The molecule has 0 bridgehead atoms. The van der Waals surface area contributed by atoms with Crippen LogP contribution in [-0.4, -0.2) is 13.6 Å². The summed E-state index contributed by atoms with van der Waals surface area (Å²) in [4.78, 5) is 0. The highest BCUT2D eigenvalue weighted by Gasteiger charge is 2.17. The Morgan fingerprint density at radius 2 is 2.00 bits per heavy atom. The molecule has 3 rings (SSSR count). The van der Waals surface area contributed by atoms with Crippen molar-refractivity contribution in [3.8, 4) is 11.3 Å². The van der Waals surface area contributed by atoms with E-state index in [9.17, 15) is 8.42 Å². The molecule has 0 saturated carbocycles. The van der Waals surface area contributed by atoms with Crippen molar-refractivity contribution in [2.75, 3.05) is 0 Å². The Bertz CT molecular complexity index is 809. The van der Waals surface area contributed by atoms with Crippen LogP contribution in [0.1, 0.15) is 5.56 Å². The van der Waals surface area contributed by atoms with Crippen molar-refractivity contribution in [1.29, 1.82) is 0 Å². The zero-order chi connectivity index (χ0) is 14.7. The molecule has 2 heterocycles. The molecule has 0 radical (unpaired) electrons. The zero-order valence-electron chi connectivity index (χ0n) is 10.9. The SMILES string of the molecule is O=S(=O)(NCc1ccccc1)c1cc(-c2ccno2)cs1. The first-order chi connectivity index (χ1) is 10.1. The molecule has 21 heavy (non-hydrogen) atoms. The van der Waals surface area contributed by atoms with Gasteiger partial charge in [-0.05, 0) is 11.6 Å². The Morgan fingerprint density at radius 1 is 1.19 bits per heavy atom. The summed E-state index contributed by atoms with van der Waals surface area (Å²) in [6.07, 6.45) is 1.52. The Hall–Kier alpha value is -1.96. The molecule has 0 spiro atoms. The Balaban J connectivity index is 1.76. The molecule has 1 aromatic carbocycles. The van der Waals surface area contributed by atoms with Crippen molar-refractivity contribution >= 4 is 21.4 Å². The minimum atomic E-state index is -3.52. The molecule has 3 aromatic rings. The number of hydrogen-bond donors (Lipinski definition) is 1. The van der Waals surface area contributed by atoms with Crippen molar-refractivity contribution in [1.82, 2.24) is 9.88 Å². The Labute approximate surface area is 126 Å². The van der Waals surface area contributed by atoms with E-state index in [1.165, 1.54) is 6.20 Å². The molecule has 2 aromatic heterocycles. The number of aromatic nitrogens is 1. The third-order valence-corrected chi connectivity index (χ3v) is 5.71. The van der Waals surface area contributed by atoms with Gasteiger partial charge in [-0.3, -0.25) is 0 Å². The minimum Gasteiger partial charge on any atom is -0.356 e. The van der Waals surface area contributed by atoms with Gasteiger partial charge in [0, 0.05) is 23.6 Å². The summed E-state index contributed by atoms with van der Waals surface area (Å²) in [5.74, 6) is 0.552. The van der Waals surface area contributed by atoms with Gasteiger partial charge in [0.1, 0.15) is 4.21 Å². The van der Waals surface area contributed by atoms with E-state index < -0.39 is 10.0 Å². The molecule has 7 heteroatoms. The average Bonchev–Trinajstić information content (AvgIpc) is 3.17. The molecule has 0 amide bonds. The fraction of sp³-hybridized carbons (Fsp3) is 0.0714. The van der Waals surface area contributed by atoms with Crippen LogP contribution in [0.4, 0.5) is 0 Å². The smallest absolute Gasteiger partial charge is 0.250 e. The highest BCUT2D eigenvalue weighted by atomic mass is 32.2. The largest absolute Gasteiger partial charge is 0.356 e. The molecule has 0 fully saturated rings. The third-order valence-electron chi connectivity index (χ3n) is 2.87. The zero-order valence-corrected chi connectivity index (χ0v) is 12.5. The summed E-state index contributed by atoms with van der Waals surface area (Å²) < 4.78 is 32.3. The molecule has 108 valence electrons. The van der Waals surface area contributed by atoms with Gasteiger partial charge in [0.2, 0.25) is 10.0 Å². The maximum absolute atomic E-state index is 12.2. The van der Waals surface area contributed by atoms with Gasteiger partial charge in [0.05, 0.1) is 6.20 Å². The summed E-state index contributed by atoms with van der Waals surface area (Å²) in [5.41, 5.74) is 1.62. The second kappa shape index (κ2) is 5.80. The molecule has 0 aliphatic heterocycles. The second-order valence-corrected chi connectivity index (χ2v) is 7.25. The quantitative estimate of drug-likeness (QED) is 0.784. The van der Waals surface area contributed by atoms with Crippen LogP contribution < -0.4 is 4.72 Å². The monoisotopic (exact) mass is 320 g/mol. The van der Waals surface area contributed by atoms with Gasteiger partial charge in [-0.1, -0.05) is 35.5 Å². The molecule has 0 atom stereocenters. The Morgan fingerprint density at radius 3 is 2.71 bits per heavy atom. The predicted octanol–water partition coefficient (Wildman–Crippen LogP) is 2.88. The third kappa shape index (κ3) is 3.21. The summed E-state index contributed by atoms with van der Waals surface area (Å²) >= 11 is 1.15. The summed E-state index contributed by atoms with van der Waals surface area (Å²) in [6, 6.07) is 12.6. The first-order valence-corrected chi connectivity index (χ1v) is 8.54. The summed E-state index contributed by atoms with van der Waals surface area (Å²) in [6.45, 7) is 0.263. The number of nitrogens with zero attached hydrogens (tertiary/aromatic N) is 1. The van der Waals surface area contributed by atoms with Crippen LogP contribution >= 0.6 is 11.3 Å². The van der Waals surface area contributed by atoms with Gasteiger partial charge in [-0.2, -0.15) is 0 Å². The molecule has 0 aliphatic carbocycles. The van der Waals surface area contributed by atoms with Gasteiger partial charge in [0.15, 0.2) is 5.76 Å². The van der Waals surface area contributed by atoms with Gasteiger partial charge >= 0.3 is 0 Å². The number of sulfonamides is 1. The predicted molar refractivity (Wildman–Crippen MR) is 80.3 cm³/mol. The molecular weight excluding hydrogens is 308 g/mol. The number of benzene rings is 1. The molecule has 1 N–H and O–H groups in total. The topological polar surface area (TPSA) is 72.2 Å². The molecule has 0 saturated heterocycles. The van der Waals surface area contributed by atoms with Crippen LogP contribution in [0.3, 0.4) is 0 Å². The van der Waals surface area contributed by atoms with Gasteiger partial charge < -0.3 is 4.52 Å². The maximum atomic E-state index is 12.2. The minimum absolute atomic E-state index is 0.254. The lowest BCUT2D eigenvalue weighted by Crippen LogP contribution is -2.22. The number of nitrogens with one attached hydrogen (secondary N) is 1. The molecule has 0 unspecified atom stereocenters. The summed E-state index contributed by atoms with van der Waals surface area (Å²) in [5, 5.41) is 5.34. The highest BCUT2D eigenvalue weighted by molar-refractivity contribution is 7.91. The van der Waals surface area contributed by atoms with Gasteiger partial charge in [-0.25, -0.2) is 13.1 Å². The van der Waals surface area contributed by atoms with Crippen molar-refractivity contribution < 1.29 is 12.9 Å². The maximum Gasteiger partial charge on any atom is 0.250 e. The van der Waals surface area contributed by atoms with E-state index in [-0.39, 0.29) is 10.8 Å². The fourth-order valence-corrected chi connectivity index (χ4v) is 4.03. The molecule has 0 aliphatic rings. The van der Waals surface area contributed by atoms with E-state index in [0.29, 0.717) is 11.3 Å². The number of rotatable bonds is 5. The lowest BCUT2D eigenvalue weighted by Gasteiger charge is -2.04. The number of thiophene rings is 1. The van der Waals surface area contributed by atoms with Crippen molar-refractivity contribution in [3.63, 3.8) is 0 Å². The van der Waals surface area contributed by atoms with Gasteiger partial charge in [-0.15, -0.1) is 11.3 Å². The molecular formula is C14H12N2O3S2. The van der Waals surface area contributed by atoms with E-state index in [0.717, 1.165) is 16.9 Å². The van der Waals surface area contributed by atoms with E-state index in [2.05, 4.69) is 9.88 Å². The Kier molecular flexibility index (Phi) is 3.87. The van der Waals surface area contributed by atoms with Crippen LogP contribution in [0.5, 0.6) is 0 Å². The van der Waals surface area contributed by atoms with E-state index in [1.807, 2.05) is 30.3 Å². The lowest BCUT2D eigenvalue weighted by atomic mass is 10.2. The van der Waals surface area contributed by atoms with Crippen LogP contribution in [0.25, 0.3) is 11.3 Å². The lowest BCUT2D eigenvalue weighted by molar-refractivity contribution is 0.432. The standard InChI is InChI=1S/C14H12N2O3S2/c17-21(18,16-9-11-4-2-1-3-5-11)14-8-12(10-20-14)13-6-7-15-19-13/h1-8,10,16H,9H2. The van der Waals surface area contributed by atoms with Crippen LogP contribution in [0.2, 0.25) is 0 Å². The normalized spacial score (nSPS) is 11.6. The van der Waals surface area contributed by atoms with Crippen LogP contribution in [0, 0.1) is 0 Å². The van der Waals surface area contributed by atoms with Crippen molar-refractivity contribution in [2.45, 2.75) is 10.8 Å². The highest BCUT2D eigenvalue weighted by Crippen LogP contribution is 2.28. The van der Waals surface area contributed by atoms with E-state index in [1.54, 1.807) is 17.5 Å². The van der Waals surface area contributed by atoms with E-state index >= 15 is 0 Å². The summed E-state index contributed by atoms with van der Waals surface area (Å²) in [7, 11) is -3.52. The first kappa shape index (κ1) is 14.0. The molecule has 5 nitrogen and oxygen atoms in total. The fourth-order valence-electron chi connectivity index (χ4n) is 1.80. The van der Waals surface area contributed by atoms with Crippen LogP contribution in [-0.2, 0) is 16.6 Å². The second-order valence-electron chi connectivity index (χ2n) is 4.34. The van der Waals surface area contributed by atoms with E-state index in [4.69, 9.17) is 4.52 Å². The van der Waals surface area contributed by atoms with Crippen LogP contribution in [0.15, 0.2) is 62.8 Å². The number of hydrogen-bond acceptors (Lipinski definition) is 5. The average molecular weight is 320 g/mol. The van der Waals surface area contributed by atoms with Crippen molar-refractivity contribution in [2.24, 2.45) is 0 Å².